The lowest BCUT2D eigenvalue weighted by Crippen LogP contribution is -2.32. The van der Waals surface area contributed by atoms with E-state index >= 15 is 0 Å². The lowest BCUT2D eigenvalue weighted by atomic mass is 9.95. The molecule has 14 heavy (non-hydrogen) atoms. The van der Waals surface area contributed by atoms with Crippen LogP contribution in [0.15, 0.2) is 16.8 Å². The van der Waals surface area contributed by atoms with E-state index in [2.05, 4.69) is 22.1 Å². The quantitative estimate of drug-likeness (QED) is 0.803. The number of rotatable bonds is 4. The molecule has 0 atom stereocenters. The van der Waals surface area contributed by atoms with Crippen LogP contribution in [0, 0.1) is 0 Å². The van der Waals surface area contributed by atoms with Crippen LogP contribution in [0.1, 0.15) is 37.7 Å². The Balaban J connectivity index is 1.62. The summed E-state index contributed by atoms with van der Waals surface area (Å²) in [6.07, 6.45) is 8.28. The number of thiophene rings is 1. The summed E-state index contributed by atoms with van der Waals surface area (Å²) in [5.41, 5.74) is 1.48. The molecular formula is C12H19NS. The minimum Gasteiger partial charge on any atom is -0.314 e. The Morgan fingerprint density at radius 2 is 2.14 bits per heavy atom. The highest BCUT2D eigenvalue weighted by Crippen LogP contribution is 2.17. The zero-order chi connectivity index (χ0) is 9.64. The molecule has 1 aliphatic rings. The van der Waals surface area contributed by atoms with Crippen LogP contribution in [-0.4, -0.2) is 12.6 Å². The van der Waals surface area contributed by atoms with Gasteiger partial charge >= 0.3 is 0 Å². The fourth-order valence-electron chi connectivity index (χ4n) is 2.16. The van der Waals surface area contributed by atoms with Crippen LogP contribution >= 0.6 is 11.3 Å². The molecule has 1 fully saturated rings. The van der Waals surface area contributed by atoms with E-state index in [1.54, 1.807) is 11.3 Å². The molecule has 0 aliphatic heterocycles. The van der Waals surface area contributed by atoms with Crippen molar-refractivity contribution >= 4 is 11.3 Å². The van der Waals surface area contributed by atoms with Crippen molar-refractivity contribution in [3.8, 4) is 0 Å². The first-order valence-corrected chi connectivity index (χ1v) is 6.64. The first kappa shape index (κ1) is 10.2. The lowest BCUT2D eigenvalue weighted by Gasteiger charge is -2.22. The van der Waals surface area contributed by atoms with Crippen LogP contribution in [0.3, 0.4) is 0 Å². The van der Waals surface area contributed by atoms with Crippen LogP contribution in [0.25, 0.3) is 0 Å². The molecule has 1 aromatic rings. The van der Waals surface area contributed by atoms with E-state index < -0.39 is 0 Å². The van der Waals surface area contributed by atoms with Crippen molar-refractivity contribution in [1.82, 2.24) is 5.32 Å². The summed E-state index contributed by atoms with van der Waals surface area (Å²) in [6.45, 7) is 1.15. The average Bonchev–Trinajstić information content (AvgIpc) is 2.72. The summed E-state index contributed by atoms with van der Waals surface area (Å²) in [5, 5.41) is 8.08. The number of hydrogen-bond donors (Lipinski definition) is 1. The second-order valence-corrected chi connectivity index (χ2v) is 4.95. The normalized spacial score (nSPS) is 18.6. The minimum atomic E-state index is 0.808. The van der Waals surface area contributed by atoms with Gasteiger partial charge in [-0.2, -0.15) is 11.3 Å². The van der Waals surface area contributed by atoms with Crippen LogP contribution in [0.2, 0.25) is 0 Å². The molecule has 2 heteroatoms. The van der Waals surface area contributed by atoms with Crippen LogP contribution in [0.4, 0.5) is 0 Å². The van der Waals surface area contributed by atoms with Gasteiger partial charge in [0.1, 0.15) is 0 Å². The predicted octanol–water partition coefficient (Wildman–Crippen LogP) is 3.21. The molecule has 0 aromatic carbocycles. The molecule has 78 valence electrons. The van der Waals surface area contributed by atoms with Crippen molar-refractivity contribution in [2.45, 2.75) is 44.6 Å². The topological polar surface area (TPSA) is 12.0 Å². The van der Waals surface area contributed by atoms with Gasteiger partial charge in [0.2, 0.25) is 0 Å². The average molecular weight is 209 g/mol. The zero-order valence-corrected chi connectivity index (χ0v) is 9.48. The van der Waals surface area contributed by atoms with Crippen LogP contribution in [0.5, 0.6) is 0 Å². The van der Waals surface area contributed by atoms with Gasteiger partial charge < -0.3 is 5.32 Å². The van der Waals surface area contributed by atoms with Crippen molar-refractivity contribution in [2.24, 2.45) is 0 Å². The molecule has 0 spiro atoms. The largest absolute Gasteiger partial charge is 0.314 e. The second kappa shape index (κ2) is 5.52. The van der Waals surface area contributed by atoms with Gasteiger partial charge in [0.05, 0.1) is 0 Å². The Kier molecular flexibility index (Phi) is 4.02. The molecular weight excluding hydrogens is 190 g/mol. The summed E-state index contributed by atoms with van der Waals surface area (Å²) in [4.78, 5) is 0. The van der Waals surface area contributed by atoms with E-state index in [9.17, 15) is 0 Å². The summed E-state index contributed by atoms with van der Waals surface area (Å²) < 4.78 is 0. The third kappa shape index (κ3) is 3.10. The summed E-state index contributed by atoms with van der Waals surface area (Å²) in [7, 11) is 0. The van der Waals surface area contributed by atoms with Gasteiger partial charge in [0.25, 0.3) is 0 Å². The molecule has 2 rings (SSSR count). The van der Waals surface area contributed by atoms with E-state index in [4.69, 9.17) is 0 Å². The molecule has 0 bridgehead atoms. The van der Waals surface area contributed by atoms with Crippen molar-refractivity contribution in [1.29, 1.82) is 0 Å². The van der Waals surface area contributed by atoms with Gasteiger partial charge in [-0.05, 0) is 48.2 Å². The highest BCUT2D eigenvalue weighted by molar-refractivity contribution is 7.07. The smallest absolute Gasteiger partial charge is 0.00671 e. The SMILES string of the molecule is c1cc(CCNC2CCCCC2)cs1. The lowest BCUT2D eigenvalue weighted by molar-refractivity contribution is 0.375. The van der Waals surface area contributed by atoms with Crippen molar-refractivity contribution in [2.75, 3.05) is 6.54 Å². The van der Waals surface area contributed by atoms with Crippen molar-refractivity contribution < 1.29 is 0 Å². The molecule has 1 N–H and O–H groups in total. The van der Waals surface area contributed by atoms with Gasteiger partial charge in [-0.25, -0.2) is 0 Å². The maximum absolute atomic E-state index is 3.66. The fourth-order valence-corrected chi connectivity index (χ4v) is 2.87. The Morgan fingerprint density at radius 3 is 2.86 bits per heavy atom. The maximum Gasteiger partial charge on any atom is 0.00671 e. The van der Waals surface area contributed by atoms with Crippen LogP contribution in [-0.2, 0) is 6.42 Å². The number of nitrogens with one attached hydrogen (secondary N) is 1. The van der Waals surface area contributed by atoms with Crippen molar-refractivity contribution in [3.05, 3.63) is 22.4 Å². The molecule has 1 heterocycles. The second-order valence-electron chi connectivity index (χ2n) is 4.17. The van der Waals surface area contributed by atoms with Gasteiger partial charge in [-0.3, -0.25) is 0 Å². The summed E-state index contributed by atoms with van der Waals surface area (Å²) in [6, 6.07) is 3.04. The maximum atomic E-state index is 3.66. The molecule has 0 saturated heterocycles. The summed E-state index contributed by atoms with van der Waals surface area (Å²) in [5.74, 6) is 0. The first-order valence-electron chi connectivity index (χ1n) is 5.69. The van der Waals surface area contributed by atoms with E-state index in [1.807, 2.05) is 0 Å². The first-order chi connectivity index (χ1) is 6.95. The van der Waals surface area contributed by atoms with Crippen molar-refractivity contribution in [3.63, 3.8) is 0 Å². The molecule has 1 nitrogen and oxygen atoms in total. The van der Waals surface area contributed by atoms with Gasteiger partial charge in [0.15, 0.2) is 0 Å². The van der Waals surface area contributed by atoms with E-state index in [0.717, 1.165) is 12.6 Å². The Morgan fingerprint density at radius 1 is 1.29 bits per heavy atom. The van der Waals surface area contributed by atoms with E-state index in [-0.39, 0.29) is 0 Å². The third-order valence-electron chi connectivity index (χ3n) is 3.03. The summed E-state index contributed by atoms with van der Waals surface area (Å²) >= 11 is 1.80. The van der Waals surface area contributed by atoms with E-state index in [1.165, 1.54) is 44.1 Å². The van der Waals surface area contributed by atoms with Crippen LogP contribution < -0.4 is 5.32 Å². The molecule has 0 amide bonds. The standard InChI is InChI=1S/C12H19NS/c1-2-4-12(5-3-1)13-8-6-11-7-9-14-10-11/h7,9-10,12-13H,1-6,8H2. The Hall–Kier alpha value is -0.340. The fraction of sp³-hybridized carbons (Fsp3) is 0.667. The van der Waals surface area contributed by atoms with Gasteiger partial charge in [0, 0.05) is 6.04 Å². The molecule has 1 saturated carbocycles. The minimum absolute atomic E-state index is 0.808. The highest BCUT2D eigenvalue weighted by Gasteiger charge is 2.11. The molecule has 1 aromatic heterocycles. The molecule has 1 aliphatic carbocycles. The Bertz CT molecular complexity index is 237. The third-order valence-corrected chi connectivity index (χ3v) is 3.76. The van der Waals surface area contributed by atoms with E-state index in [0.29, 0.717) is 0 Å². The van der Waals surface area contributed by atoms with Gasteiger partial charge in [-0.15, -0.1) is 0 Å². The zero-order valence-electron chi connectivity index (χ0n) is 8.67. The van der Waals surface area contributed by atoms with Gasteiger partial charge in [-0.1, -0.05) is 19.3 Å². The monoisotopic (exact) mass is 209 g/mol. The highest BCUT2D eigenvalue weighted by atomic mass is 32.1. The number of hydrogen-bond acceptors (Lipinski definition) is 2. The molecule has 0 unspecified atom stereocenters. The predicted molar refractivity (Wildman–Crippen MR) is 62.9 cm³/mol. The Labute approximate surface area is 90.5 Å². The molecule has 0 radical (unpaired) electrons.